The van der Waals surface area contributed by atoms with Crippen molar-refractivity contribution >= 4 is 5.97 Å². The minimum absolute atomic E-state index is 0.00511. The van der Waals surface area contributed by atoms with E-state index in [0.717, 1.165) is 5.56 Å². The van der Waals surface area contributed by atoms with Gasteiger partial charge in [0.1, 0.15) is 12.4 Å². The number of carboxylic acid groups (broad SMARTS) is 1. The third-order valence-corrected chi connectivity index (χ3v) is 2.59. The lowest BCUT2D eigenvalue weighted by molar-refractivity contribution is 0.0687. The smallest absolute Gasteiger partial charge is 0.354 e. The van der Waals surface area contributed by atoms with E-state index in [-0.39, 0.29) is 18.9 Å². The Bertz CT molecular complexity index is 566. The molecule has 0 saturated heterocycles. The largest absolute Gasteiger partial charge is 0.489 e. The second-order valence-corrected chi connectivity index (χ2v) is 3.91. The van der Waals surface area contributed by atoms with E-state index in [1.807, 2.05) is 0 Å². The zero-order valence-electron chi connectivity index (χ0n) is 10.1. The van der Waals surface area contributed by atoms with Crippen LogP contribution in [0.4, 0.5) is 0 Å². The van der Waals surface area contributed by atoms with Crippen LogP contribution >= 0.6 is 0 Å². The highest BCUT2D eigenvalue weighted by molar-refractivity contribution is 5.86. The zero-order valence-corrected chi connectivity index (χ0v) is 10.1. The van der Waals surface area contributed by atoms with E-state index in [9.17, 15) is 4.79 Å². The first-order valence-electron chi connectivity index (χ1n) is 5.70. The van der Waals surface area contributed by atoms with Crippen LogP contribution in [0.2, 0.25) is 0 Å². The Morgan fingerprint density at radius 1 is 1.21 bits per heavy atom. The SMILES string of the molecule is O=C(O)c1ncccc1COc1ccc(CO)cc1. The van der Waals surface area contributed by atoms with Crippen LogP contribution in [-0.4, -0.2) is 21.2 Å². The van der Waals surface area contributed by atoms with Crippen LogP contribution in [0.15, 0.2) is 42.6 Å². The molecule has 0 bridgehead atoms. The molecule has 0 radical (unpaired) electrons. The molecule has 0 fully saturated rings. The monoisotopic (exact) mass is 259 g/mol. The molecule has 1 aromatic heterocycles. The predicted molar refractivity (Wildman–Crippen MR) is 67.9 cm³/mol. The van der Waals surface area contributed by atoms with E-state index in [1.54, 1.807) is 36.4 Å². The predicted octanol–water partition coefficient (Wildman–Crippen LogP) is 1.85. The maximum absolute atomic E-state index is 11.0. The molecule has 19 heavy (non-hydrogen) atoms. The molecular weight excluding hydrogens is 246 g/mol. The van der Waals surface area contributed by atoms with E-state index >= 15 is 0 Å². The van der Waals surface area contributed by atoms with E-state index in [1.165, 1.54) is 6.20 Å². The van der Waals surface area contributed by atoms with Gasteiger partial charge in [-0.2, -0.15) is 0 Å². The van der Waals surface area contributed by atoms with Crippen molar-refractivity contribution in [2.45, 2.75) is 13.2 Å². The van der Waals surface area contributed by atoms with E-state index in [2.05, 4.69) is 4.98 Å². The molecule has 0 amide bonds. The summed E-state index contributed by atoms with van der Waals surface area (Å²) in [6.07, 6.45) is 1.43. The summed E-state index contributed by atoms with van der Waals surface area (Å²) in [5.41, 5.74) is 1.30. The summed E-state index contributed by atoms with van der Waals surface area (Å²) in [5.74, 6) is -0.466. The number of aliphatic hydroxyl groups is 1. The number of hydrogen-bond acceptors (Lipinski definition) is 4. The number of benzene rings is 1. The molecule has 0 unspecified atom stereocenters. The van der Waals surface area contributed by atoms with Crippen molar-refractivity contribution < 1.29 is 19.7 Å². The first-order valence-corrected chi connectivity index (χ1v) is 5.70. The molecule has 1 aromatic carbocycles. The number of hydrogen-bond donors (Lipinski definition) is 2. The summed E-state index contributed by atoms with van der Waals surface area (Å²) < 4.78 is 5.50. The van der Waals surface area contributed by atoms with Gasteiger partial charge < -0.3 is 14.9 Å². The second kappa shape index (κ2) is 5.97. The number of ether oxygens (including phenoxy) is 1. The quantitative estimate of drug-likeness (QED) is 0.856. The van der Waals surface area contributed by atoms with E-state index in [0.29, 0.717) is 11.3 Å². The minimum atomic E-state index is -1.07. The molecule has 0 aliphatic rings. The topological polar surface area (TPSA) is 79.7 Å². The number of aromatic nitrogens is 1. The highest BCUT2D eigenvalue weighted by Crippen LogP contribution is 2.15. The molecule has 0 aliphatic carbocycles. The van der Waals surface area contributed by atoms with Gasteiger partial charge in [-0.05, 0) is 23.8 Å². The summed E-state index contributed by atoms with van der Waals surface area (Å²) in [4.78, 5) is 14.8. The Labute approximate surface area is 110 Å². The van der Waals surface area contributed by atoms with Crippen LogP contribution in [-0.2, 0) is 13.2 Å². The van der Waals surface area contributed by atoms with E-state index < -0.39 is 5.97 Å². The molecule has 0 aliphatic heterocycles. The van der Waals surface area contributed by atoms with Crippen LogP contribution in [0.25, 0.3) is 0 Å². The number of carbonyl (C=O) groups is 1. The van der Waals surface area contributed by atoms with Crippen molar-refractivity contribution in [2.75, 3.05) is 0 Å². The summed E-state index contributed by atoms with van der Waals surface area (Å²) in [5, 5.41) is 17.9. The fourth-order valence-electron chi connectivity index (χ4n) is 1.60. The van der Waals surface area contributed by atoms with Gasteiger partial charge in [0.05, 0.1) is 6.61 Å². The highest BCUT2D eigenvalue weighted by Gasteiger charge is 2.11. The molecule has 2 N–H and O–H groups in total. The van der Waals surface area contributed by atoms with Gasteiger partial charge in [-0.15, -0.1) is 0 Å². The molecule has 5 nitrogen and oxygen atoms in total. The van der Waals surface area contributed by atoms with Crippen molar-refractivity contribution in [3.63, 3.8) is 0 Å². The number of rotatable bonds is 5. The average molecular weight is 259 g/mol. The molecule has 0 atom stereocenters. The minimum Gasteiger partial charge on any atom is -0.489 e. The van der Waals surface area contributed by atoms with Gasteiger partial charge in [0.25, 0.3) is 0 Å². The maximum atomic E-state index is 11.0. The summed E-state index contributed by atoms with van der Waals surface area (Å²) in [7, 11) is 0. The molecular formula is C14H13NO4. The maximum Gasteiger partial charge on any atom is 0.354 e. The Morgan fingerprint density at radius 2 is 1.95 bits per heavy atom. The number of nitrogens with zero attached hydrogens (tertiary/aromatic N) is 1. The van der Waals surface area contributed by atoms with Gasteiger partial charge in [0.15, 0.2) is 5.69 Å². The second-order valence-electron chi connectivity index (χ2n) is 3.91. The van der Waals surface area contributed by atoms with Crippen molar-refractivity contribution in [3.8, 4) is 5.75 Å². The number of pyridine rings is 1. The van der Waals surface area contributed by atoms with Crippen molar-refractivity contribution in [3.05, 3.63) is 59.4 Å². The lowest BCUT2D eigenvalue weighted by Crippen LogP contribution is -2.07. The molecule has 1 heterocycles. The number of aromatic carboxylic acids is 1. The average Bonchev–Trinajstić information content (AvgIpc) is 2.46. The van der Waals surface area contributed by atoms with Crippen LogP contribution in [0.5, 0.6) is 5.75 Å². The van der Waals surface area contributed by atoms with Crippen molar-refractivity contribution in [2.24, 2.45) is 0 Å². The van der Waals surface area contributed by atoms with Crippen molar-refractivity contribution in [1.29, 1.82) is 0 Å². The van der Waals surface area contributed by atoms with Crippen LogP contribution < -0.4 is 4.74 Å². The molecule has 5 heteroatoms. The Hall–Kier alpha value is -2.40. The standard InChI is InChI=1S/C14H13NO4/c16-8-10-3-5-12(6-4-10)19-9-11-2-1-7-15-13(11)14(17)18/h1-7,16H,8-9H2,(H,17,18). The molecule has 0 saturated carbocycles. The highest BCUT2D eigenvalue weighted by atomic mass is 16.5. The van der Waals surface area contributed by atoms with Gasteiger partial charge in [-0.1, -0.05) is 18.2 Å². The lowest BCUT2D eigenvalue weighted by Gasteiger charge is -2.08. The molecule has 2 rings (SSSR count). The first-order chi connectivity index (χ1) is 9.20. The lowest BCUT2D eigenvalue weighted by atomic mass is 10.2. The Kier molecular flexibility index (Phi) is 4.10. The zero-order chi connectivity index (χ0) is 13.7. The summed E-state index contributed by atoms with van der Waals surface area (Å²) >= 11 is 0. The van der Waals surface area contributed by atoms with Gasteiger partial charge in [-0.25, -0.2) is 9.78 Å². The van der Waals surface area contributed by atoms with Crippen LogP contribution in [0.3, 0.4) is 0 Å². The fraction of sp³-hybridized carbons (Fsp3) is 0.143. The van der Waals surface area contributed by atoms with Crippen LogP contribution in [0, 0.1) is 0 Å². The summed E-state index contributed by atoms with van der Waals surface area (Å²) in [6.45, 7) is 0.111. The number of carboxylic acids is 1. The Balaban J connectivity index is 2.07. The fourth-order valence-corrected chi connectivity index (χ4v) is 1.60. The van der Waals surface area contributed by atoms with Crippen molar-refractivity contribution in [1.82, 2.24) is 4.98 Å². The van der Waals surface area contributed by atoms with E-state index in [4.69, 9.17) is 14.9 Å². The van der Waals surface area contributed by atoms with Crippen LogP contribution in [0.1, 0.15) is 21.6 Å². The Morgan fingerprint density at radius 3 is 2.58 bits per heavy atom. The first kappa shape index (κ1) is 13.0. The van der Waals surface area contributed by atoms with Gasteiger partial charge >= 0.3 is 5.97 Å². The molecule has 0 spiro atoms. The van der Waals surface area contributed by atoms with Gasteiger partial charge in [0, 0.05) is 11.8 Å². The molecule has 2 aromatic rings. The normalized spacial score (nSPS) is 10.2. The summed E-state index contributed by atoms with van der Waals surface area (Å²) in [6, 6.07) is 10.3. The van der Waals surface area contributed by atoms with Gasteiger partial charge in [-0.3, -0.25) is 0 Å². The number of aliphatic hydroxyl groups excluding tert-OH is 1. The third-order valence-electron chi connectivity index (χ3n) is 2.59. The van der Waals surface area contributed by atoms with Gasteiger partial charge in [0.2, 0.25) is 0 Å². The molecule has 98 valence electrons. The third kappa shape index (κ3) is 3.29.